The molecule has 0 spiro atoms. The van der Waals surface area contributed by atoms with Gasteiger partial charge in [0.05, 0.1) is 0 Å². The molecule has 2 amide bonds. The first-order chi connectivity index (χ1) is 6.25. The summed E-state index contributed by atoms with van der Waals surface area (Å²) >= 11 is 0. The Morgan fingerprint density at radius 1 is 1.46 bits per heavy atom. The summed E-state index contributed by atoms with van der Waals surface area (Å²) in [6, 6.07) is 0.0801. The molecule has 1 heterocycles. The van der Waals surface area contributed by atoms with Gasteiger partial charge < -0.3 is 9.64 Å². The first-order valence-corrected chi connectivity index (χ1v) is 4.83. The second-order valence-electron chi connectivity index (χ2n) is 3.36. The van der Waals surface area contributed by atoms with Crippen molar-refractivity contribution in [3.05, 3.63) is 0 Å². The Morgan fingerprint density at radius 2 is 2.23 bits per heavy atom. The Bertz CT molecular complexity index is 173. The molecular weight excluding hydrogens is 168 g/mol. The first-order valence-electron chi connectivity index (χ1n) is 4.83. The Balaban J connectivity index is 2.12. The smallest absolute Gasteiger partial charge is 0.321 e. The minimum atomic E-state index is 0.0801. The highest BCUT2D eigenvalue weighted by Gasteiger charge is 2.24. The fourth-order valence-corrected chi connectivity index (χ4v) is 1.24. The average molecular weight is 186 g/mol. The molecule has 0 unspecified atom stereocenters. The SMILES string of the molecule is CCCCOCN1CCN(C)C1=O. The van der Waals surface area contributed by atoms with E-state index >= 15 is 0 Å². The lowest BCUT2D eigenvalue weighted by Crippen LogP contribution is -2.31. The minimum Gasteiger partial charge on any atom is -0.361 e. The highest BCUT2D eigenvalue weighted by atomic mass is 16.5. The molecule has 0 N–H and O–H groups in total. The van der Waals surface area contributed by atoms with Gasteiger partial charge in [0.2, 0.25) is 0 Å². The van der Waals surface area contributed by atoms with E-state index in [-0.39, 0.29) is 6.03 Å². The third kappa shape index (κ3) is 2.88. The molecule has 0 atom stereocenters. The Labute approximate surface area is 79.4 Å². The highest BCUT2D eigenvalue weighted by Crippen LogP contribution is 2.05. The molecule has 4 heteroatoms. The van der Waals surface area contributed by atoms with Gasteiger partial charge in [-0.2, -0.15) is 0 Å². The summed E-state index contributed by atoms with van der Waals surface area (Å²) in [7, 11) is 1.81. The number of hydrogen-bond acceptors (Lipinski definition) is 2. The van der Waals surface area contributed by atoms with E-state index in [9.17, 15) is 4.79 Å². The molecule has 4 nitrogen and oxygen atoms in total. The first kappa shape index (κ1) is 10.3. The lowest BCUT2D eigenvalue weighted by molar-refractivity contribution is 0.0546. The maximum Gasteiger partial charge on any atom is 0.321 e. The molecule has 0 radical (unpaired) electrons. The fraction of sp³-hybridized carbons (Fsp3) is 0.889. The second-order valence-corrected chi connectivity index (χ2v) is 3.36. The van der Waals surface area contributed by atoms with Crippen molar-refractivity contribution in [2.45, 2.75) is 19.8 Å². The predicted octanol–water partition coefficient (Wildman–Crippen LogP) is 1.13. The van der Waals surface area contributed by atoms with Crippen molar-refractivity contribution in [2.75, 3.05) is 33.5 Å². The van der Waals surface area contributed by atoms with E-state index in [1.165, 1.54) is 0 Å². The van der Waals surface area contributed by atoms with E-state index in [0.717, 1.165) is 32.5 Å². The second kappa shape index (κ2) is 5.07. The van der Waals surface area contributed by atoms with Gasteiger partial charge in [-0.15, -0.1) is 0 Å². The fourth-order valence-electron chi connectivity index (χ4n) is 1.24. The zero-order valence-corrected chi connectivity index (χ0v) is 8.45. The number of amides is 2. The van der Waals surface area contributed by atoms with Crippen molar-refractivity contribution >= 4 is 6.03 Å². The normalized spacial score (nSPS) is 17.2. The lowest BCUT2D eigenvalue weighted by Gasteiger charge is -2.15. The van der Waals surface area contributed by atoms with Crippen LogP contribution in [0.5, 0.6) is 0 Å². The minimum absolute atomic E-state index is 0.0801. The number of likely N-dealkylation sites (N-methyl/N-ethyl adjacent to an activating group) is 1. The van der Waals surface area contributed by atoms with E-state index in [1.807, 2.05) is 7.05 Å². The quantitative estimate of drug-likeness (QED) is 0.603. The molecule has 0 aromatic carbocycles. The molecule has 1 fully saturated rings. The lowest BCUT2D eigenvalue weighted by atomic mass is 10.4. The molecule has 0 aromatic heterocycles. The molecule has 1 rings (SSSR count). The van der Waals surface area contributed by atoms with Gasteiger partial charge in [-0.3, -0.25) is 4.90 Å². The molecule has 0 saturated carbocycles. The van der Waals surface area contributed by atoms with E-state index in [1.54, 1.807) is 9.80 Å². The molecule has 1 aliphatic rings. The molecule has 76 valence electrons. The zero-order valence-electron chi connectivity index (χ0n) is 8.45. The van der Waals surface area contributed by atoms with Gasteiger partial charge >= 0.3 is 6.03 Å². The van der Waals surface area contributed by atoms with Crippen LogP contribution < -0.4 is 0 Å². The molecule has 0 bridgehead atoms. The van der Waals surface area contributed by atoms with E-state index in [2.05, 4.69) is 6.92 Å². The van der Waals surface area contributed by atoms with E-state index in [4.69, 9.17) is 4.74 Å². The number of carbonyl (C=O) groups excluding carboxylic acids is 1. The summed E-state index contributed by atoms with van der Waals surface area (Å²) in [5.74, 6) is 0. The summed E-state index contributed by atoms with van der Waals surface area (Å²) in [5.41, 5.74) is 0. The number of ether oxygens (including phenoxy) is 1. The molecule has 1 aliphatic heterocycles. The topological polar surface area (TPSA) is 32.8 Å². The number of carbonyl (C=O) groups is 1. The highest BCUT2D eigenvalue weighted by molar-refractivity contribution is 5.75. The summed E-state index contributed by atoms with van der Waals surface area (Å²) in [4.78, 5) is 14.8. The van der Waals surface area contributed by atoms with Crippen LogP contribution in [0.4, 0.5) is 4.79 Å². The molecular formula is C9H18N2O2. The third-order valence-corrected chi connectivity index (χ3v) is 2.19. The van der Waals surface area contributed by atoms with E-state index < -0.39 is 0 Å². The number of rotatable bonds is 5. The van der Waals surface area contributed by atoms with Crippen LogP contribution in [0.2, 0.25) is 0 Å². The maximum atomic E-state index is 11.3. The van der Waals surface area contributed by atoms with Gasteiger partial charge in [0.1, 0.15) is 6.73 Å². The summed E-state index contributed by atoms with van der Waals surface area (Å²) in [6.07, 6.45) is 2.20. The summed E-state index contributed by atoms with van der Waals surface area (Å²) < 4.78 is 5.36. The van der Waals surface area contributed by atoms with Crippen molar-refractivity contribution in [3.63, 3.8) is 0 Å². The van der Waals surface area contributed by atoms with Crippen LogP contribution in [-0.4, -0.2) is 49.3 Å². The number of urea groups is 1. The number of unbranched alkanes of at least 4 members (excludes halogenated alkanes) is 1. The van der Waals surface area contributed by atoms with Gasteiger partial charge in [0.15, 0.2) is 0 Å². The van der Waals surface area contributed by atoms with Crippen LogP contribution in [0.3, 0.4) is 0 Å². The van der Waals surface area contributed by atoms with Crippen LogP contribution in [0.1, 0.15) is 19.8 Å². The molecule has 0 aromatic rings. The van der Waals surface area contributed by atoms with Crippen molar-refractivity contribution in [3.8, 4) is 0 Å². The molecule has 13 heavy (non-hydrogen) atoms. The predicted molar refractivity (Wildman–Crippen MR) is 50.5 cm³/mol. The largest absolute Gasteiger partial charge is 0.361 e. The molecule has 1 saturated heterocycles. The van der Waals surface area contributed by atoms with Gasteiger partial charge in [-0.1, -0.05) is 13.3 Å². The summed E-state index contributed by atoms with van der Waals surface area (Å²) in [6.45, 7) is 4.93. The average Bonchev–Trinajstić information content (AvgIpc) is 2.43. The Kier molecular flexibility index (Phi) is 4.02. The standard InChI is InChI=1S/C9H18N2O2/c1-3-4-7-13-8-11-6-5-10(2)9(11)12/h3-8H2,1-2H3. The van der Waals surface area contributed by atoms with E-state index in [0.29, 0.717) is 6.73 Å². The van der Waals surface area contributed by atoms with Crippen LogP contribution in [0, 0.1) is 0 Å². The van der Waals surface area contributed by atoms with Gasteiger partial charge in [0.25, 0.3) is 0 Å². The van der Waals surface area contributed by atoms with Crippen LogP contribution in [0.25, 0.3) is 0 Å². The summed E-state index contributed by atoms with van der Waals surface area (Å²) in [5, 5.41) is 0. The van der Waals surface area contributed by atoms with Gasteiger partial charge in [-0.25, -0.2) is 4.79 Å². The number of hydrogen-bond donors (Lipinski definition) is 0. The Hall–Kier alpha value is -0.770. The zero-order chi connectivity index (χ0) is 9.68. The van der Waals surface area contributed by atoms with Crippen LogP contribution >= 0.6 is 0 Å². The van der Waals surface area contributed by atoms with Crippen molar-refractivity contribution in [1.82, 2.24) is 9.80 Å². The van der Waals surface area contributed by atoms with Gasteiger partial charge in [0, 0.05) is 26.7 Å². The van der Waals surface area contributed by atoms with Crippen LogP contribution in [0.15, 0.2) is 0 Å². The monoisotopic (exact) mass is 186 g/mol. The molecule has 0 aliphatic carbocycles. The maximum absolute atomic E-state index is 11.3. The Morgan fingerprint density at radius 3 is 2.77 bits per heavy atom. The number of nitrogens with zero attached hydrogens (tertiary/aromatic N) is 2. The van der Waals surface area contributed by atoms with Crippen molar-refractivity contribution in [2.24, 2.45) is 0 Å². The van der Waals surface area contributed by atoms with Crippen molar-refractivity contribution in [1.29, 1.82) is 0 Å². The van der Waals surface area contributed by atoms with Gasteiger partial charge in [-0.05, 0) is 6.42 Å². The third-order valence-electron chi connectivity index (χ3n) is 2.19. The van der Waals surface area contributed by atoms with Crippen LogP contribution in [-0.2, 0) is 4.74 Å². The van der Waals surface area contributed by atoms with Crippen molar-refractivity contribution < 1.29 is 9.53 Å².